The first-order valence-electron chi connectivity index (χ1n) is 6.46. The zero-order chi connectivity index (χ0) is 15.8. The van der Waals surface area contributed by atoms with Crippen LogP contribution in [0.25, 0.3) is 0 Å². The fraction of sp³-hybridized carbons (Fsp3) is 0.333. The van der Waals surface area contributed by atoms with E-state index in [1.165, 1.54) is 4.90 Å². The Morgan fingerprint density at radius 2 is 2.10 bits per heavy atom. The maximum absolute atomic E-state index is 12.3. The largest absolute Gasteiger partial charge is 0.465 e. The van der Waals surface area contributed by atoms with Gasteiger partial charge in [0, 0.05) is 16.6 Å². The molecule has 0 unspecified atom stereocenters. The van der Waals surface area contributed by atoms with Crippen molar-refractivity contribution in [2.75, 3.05) is 19.7 Å². The second-order valence-electron chi connectivity index (χ2n) is 4.28. The summed E-state index contributed by atoms with van der Waals surface area (Å²) >= 11 is 11.9. The van der Waals surface area contributed by atoms with Crippen LogP contribution in [0.3, 0.4) is 0 Å². The molecule has 0 saturated carbocycles. The topological polar surface area (TPSA) is 46.6 Å². The molecule has 6 heteroatoms. The van der Waals surface area contributed by atoms with Crippen LogP contribution in [-0.2, 0) is 20.7 Å². The predicted octanol–water partition coefficient (Wildman–Crippen LogP) is 3.11. The van der Waals surface area contributed by atoms with Gasteiger partial charge in [0.15, 0.2) is 0 Å². The van der Waals surface area contributed by atoms with Gasteiger partial charge in [-0.25, -0.2) is 0 Å². The monoisotopic (exact) mass is 329 g/mol. The van der Waals surface area contributed by atoms with Crippen LogP contribution in [-0.4, -0.2) is 36.5 Å². The average Bonchev–Trinajstić information content (AvgIpc) is 2.41. The number of benzene rings is 1. The van der Waals surface area contributed by atoms with Gasteiger partial charge in [0.2, 0.25) is 5.91 Å². The molecule has 0 aromatic heterocycles. The Morgan fingerprint density at radius 1 is 1.38 bits per heavy atom. The van der Waals surface area contributed by atoms with Crippen LogP contribution in [0, 0.1) is 0 Å². The van der Waals surface area contributed by atoms with Crippen LogP contribution in [0.1, 0.15) is 12.5 Å². The van der Waals surface area contributed by atoms with Gasteiger partial charge in [0.25, 0.3) is 0 Å². The quantitative estimate of drug-likeness (QED) is 0.570. The summed E-state index contributed by atoms with van der Waals surface area (Å²) in [7, 11) is 0. The molecule has 114 valence electrons. The van der Waals surface area contributed by atoms with Crippen LogP contribution in [0.15, 0.2) is 30.9 Å². The summed E-state index contributed by atoms with van der Waals surface area (Å²) in [6.45, 7) is 5.73. The molecule has 0 aliphatic carbocycles. The molecule has 21 heavy (non-hydrogen) atoms. The van der Waals surface area contributed by atoms with E-state index >= 15 is 0 Å². The minimum atomic E-state index is -0.449. The summed E-state index contributed by atoms with van der Waals surface area (Å²) in [5.74, 6) is -0.679. The molecular weight excluding hydrogens is 313 g/mol. The van der Waals surface area contributed by atoms with E-state index in [4.69, 9.17) is 27.9 Å². The number of carbonyl (C=O) groups excluding carboxylic acids is 2. The van der Waals surface area contributed by atoms with Crippen molar-refractivity contribution in [1.29, 1.82) is 0 Å². The molecule has 0 spiro atoms. The smallest absolute Gasteiger partial charge is 0.325 e. The van der Waals surface area contributed by atoms with Crippen LogP contribution < -0.4 is 0 Å². The highest BCUT2D eigenvalue weighted by Gasteiger charge is 2.18. The molecule has 0 aliphatic rings. The molecular formula is C15H17Cl2NO3. The number of carbonyl (C=O) groups is 2. The van der Waals surface area contributed by atoms with Gasteiger partial charge >= 0.3 is 5.97 Å². The van der Waals surface area contributed by atoms with Crippen molar-refractivity contribution in [3.8, 4) is 0 Å². The lowest BCUT2D eigenvalue weighted by Gasteiger charge is -2.20. The number of nitrogens with zero attached hydrogens (tertiary/aromatic N) is 1. The van der Waals surface area contributed by atoms with E-state index in [-0.39, 0.29) is 32.0 Å². The van der Waals surface area contributed by atoms with Crippen LogP contribution in [0.4, 0.5) is 0 Å². The van der Waals surface area contributed by atoms with Gasteiger partial charge in [-0.2, -0.15) is 0 Å². The highest BCUT2D eigenvalue weighted by atomic mass is 35.5. The molecule has 0 fully saturated rings. The first kappa shape index (κ1) is 17.5. The zero-order valence-electron chi connectivity index (χ0n) is 11.8. The number of halogens is 2. The second kappa shape index (κ2) is 8.70. The summed E-state index contributed by atoms with van der Waals surface area (Å²) < 4.78 is 4.85. The van der Waals surface area contributed by atoms with E-state index in [1.807, 2.05) is 0 Å². The highest BCUT2D eigenvalue weighted by Crippen LogP contribution is 2.21. The molecule has 0 heterocycles. The SMILES string of the molecule is C=CCN(CC(=O)OCC)C(=O)Cc1ccc(Cl)cc1Cl. The molecule has 1 rings (SSSR count). The van der Waals surface area contributed by atoms with Crippen molar-refractivity contribution in [1.82, 2.24) is 4.90 Å². The van der Waals surface area contributed by atoms with Gasteiger partial charge in [-0.15, -0.1) is 6.58 Å². The van der Waals surface area contributed by atoms with Crippen molar-refractivity contribution in [2.24, 2.45) is 0 Å². The van der Waals surface area contributed by atoms with Crippen molar-refractivity contribution < 1.29 is 14.3 Å². The minimum absolute atomic E-state index is 0.0866. The Bertz CT molecular complexity index is 532. The van der Waals surface area contributed by atoms with Crippen LogP contribution >= 0.6 is 23.2 Å². The first-order chi connectivity index (χ1) is 9.97. The number of amides is 1. The molecule has 0 bridgehead atoms. The molecule has 0 N–H and O–H groups in total. The number of esters is 1. The Hall–Kier alpha value is -1.52. The number of rotatable bonds is 7. The second-order valence-corrected chi connectivity index (χ2v) is 5.12. The Balaban J connectivity index is 2.76. The summed E-state index contributed by atoms with van der Waals surface area (Å²) in [6, 6.07) is 4.94. The summed E-state index contributed by atoms with van der Waals surface area (Å²) in [5.41, 5.74) is 0.656. The molecule has 0 saturated heterocycles. The maximum atomic E-state index is 12.3. The Kier molecular flexibility index (Phi) is 7.26. The predicted molar refractivity (Wildman–Crippen MR) is 83.6 cm³/mol. The van der Waals surface area contributed by atoms with Gasteiger partial charge in [0.1, 0.15) is 6.54 Å². The standard InChI is InChI=1S/C15H17Cl2NO3/c1-3-7-18(10-15(20)21-4-2)14(19)8-11-5-6-12(16)9-13(11)17/h3,5-6,9H,1,4,7-8,10H2,2H3. The fourth-order valence-electron chi connectivity index (χ4n) is 1.71. The summed E-state index contributed by atoms with van der Waals surface area (Å²) in [4.78, 5) is 25.1. The number of ether oxygens (including phenoxy) is 1. The molecule has 4 nitrogen and oxygen atoms in total. The van der Waals surface area contributed by atoms with E-state index < -0.39 is 5.97 Å². The third-order valence-corrected chi connectivity index (χ3v) is 3.27. The molecule has 1 aromatic carbocycles. The lowest BCUT2D eigenvalue weighted by molar-refractivity contribution is -0.148. The fourth-order valence-corrected chi connectivity index (χ4v) is 2.19. The molecule has 0 atom stereocenters. The first-order valence-corrected chi connectivity index (χ1v) is 7.21. The molecule has 1 amide bonds. The number of hydrogen-bond donors (Lipinski definition) is 0. The van der Waals surface area contributed by atoms with E-state index in [0.29, 0.717) is 15.6 Å². The van der Waals surface area contributed by atoms with E-state index in [2.05, 4.69) is 6.58 Å². The van der Waals surface area contributed by atoms with E-state index in [1.54, 1.807) is 31.2 Å². The van der Waals surface area contributed by atoms with Crippen LogP contribution in [0.5, 0.6) is 0 Å². The van der Waals surface area contributed by atoms with Gasteiger partial charge in [-0.05, 0) is 24.6 Å². The van der Waals surface area contributed by atoms with Crippen molar-refractivity contribution >= 4 is 35.1 Å². The number of hydrogen-bond acceptors (Lipinski definition) is 3. The highest BCUT2D eigenvalue weighted by molar-refractivity contribution is 6.35. The Morgan fingerprint density at radius 3 is 2.67 bits per heavy atom. The average molecular weight is 330 g/mol. The maximum Gasteiger partial charge on any atom is 0.325 e. The normalized spacial score (nSPS) is 10.0. The lowest BCUT2D eigenvalue weighted by Crippen LogP contribution is -2.37. The lowest BCUT2D eigenvalue weighted by atomic mass is 10.1. The third kappa shape index (κ3) is 5.78. The van der Waals surface area contributed by atoms with E-state index in [9.17, 15) is 9.59 Å². The summed E-state index contributed by atoms with van der Waals surface area (Å²) in [6.07, 6.45) is 1.64. The van der Waals surface area contributed by atoms with Gasteiger partial charge in [0.05, 0.1) is 13.0 Å². The minimum Gasteiger partial charge on any atom is -0.465 e. The van der Waals surface area contributed by atoms with Crippen molar-refractivity contribution in [2.45, 2.75) is 13.3 Å². The van der Waals surface area contributed by atoms with Crippen molar-refractivity contribution in [3.05, 3.63) is 46.5 Å². The van der Waals surface area contributed by atoms with Gasteiger partial charge in [-0.3, -0.25) is 9.59 Å². The molecule has 0 aliphatic heterocycles. The van der Waals surface area contributed by atoms with Gasteiger partial charge < -0.3 is 9.64 Å². The Labute approximate surface area is 134 Å². The molecule has 0 radical (unpaired) electrons. The zero-order valence-corrected chi connectivity index (χ0v) is 13.3. The van der Waals surface area contributed by atoms with Crippen molar-refractivity contribution in [3.63, 3.8) is 0 Å². The van der Waals surface area contributed by atoms with E-state index in [0.717, 1.165) is 0 Å². The summed E-state index contributed by atoms with van der Waals surface area (Å²) in [5, 5.41) is 0.927. The molecule has 1 aromatic rings. The third-order valence-electron chi connectivity index (χ3n) is 2.68. The van der Waals surface area contributed by atoms with Crippen LogP contribution in [0.2, 0.25) is 10.0 Å². The van der Waals surface area contributed by atoms with Gasteiger partial charge in [-0.1, -0.05) is 35.3 Å².